The lowest BCUT2D eigenvalue weighted by Crippen LogP contribution is -2.19. The van der Waals surface area contributed by atoms with Crippen molar-refractivity contribution >= 4 is 24.4 Å². The van der Waals surface area contributed by atoms with Gasteiger partial charge < -0.3 is 10.2 Å². The highest BCUT2D eigenvalue weighted by molar-refractivity contribution is 7.71. The smallest absolute Gasteiger partial charge is 0.199 e. The number of aromatic amines is 2. The van der Waals surface area contributed by atoms with Gasteiger partial charge in [-0.2, -0.15) is 10.2 Å². The second-order valence-corrected chi connectivity index (χ2v) is 6.78. The minimum atomic E-state index is -1.40. The predicted molar refractivity (Wildman–Crippen MR) is 107 cm³/mol. The molecule has 0 aliphatic carbocycles. The van der Waals surface area contributed by atoms with Crippen molar-refractivity contribution in [2.45, 2.75) is 12.2 Å². The minimum absolute atomic E-state index is 0.164. The Bertz CT molecular complexity index is 1100. The van der Waals surface area contributed by atoms with Gasteiger partial charge in [0.2, 0.25) is 0 Å². The van der Waals surface area contributed by atoms with Crippen molar-refractivity contribution in [2.24, 2.45) is 0 Å². The highest BCUT2D eigenvalue weighted by Gasteiger charge is 2.30. The van der Waals surface area contributed by atoms with Crippen LogP contribution in [0.2, 0.25) is 0 Å². The summed E-state index contributed by atoms with van der Waals surface area (Å²) in [7, 11) is 0. The van der Waals surface area contributed by atoms with Gasteiger partial charge in [0.15, 0.2) is 21.2 Å². The van der Waals surface area contributed by atoms with Gasteiger partial charge in [0, 0.05) is 11.4 Å². The predicted octanol–water partition coefficient (Wildman–Crippen LogP) is 2.94. The molecular formula is C18H16N6O2S2. The average molecular weight is 413 g/mol. The van der Waals surface area contributed by atoms with Crippen molar-refractivity contribution in [3.05, 3.63) is 81.9 Å². The van der Waals surface area contributed by atoms with Crippen LogP contribution in [0.1, 0.15) is 23.9 Å². The highest BCUT2D eigenvalue weighted by Crippen LogP contribution is 2.29. The molecule has 4 rings (SSSR count). The first-order valence-corrected chi connectivity index (χ1v) is 9.21. The van der Waals surface area contributed by atoms with Crippen LogP contribution in [0.5, 0.6) is 0 Å². The van der Waals surface area contributed by atoms with E-state index in [0.717, 1.165) is 0 Å². The van der Waals surface area contributed by atoms with Crippen molar-refractivity contribution in [1.82, 2.24) is 29.5 Å². The SMILES string of the molecule is O[C@H](c1n[nH]c(=S)n1-c1ccccc1)[C@H](O)c1n[nH]c(=S)n1-c1ccccc1. The van der Waals surface area contributed by atoms with Gasteiger partial charge in [-0.3, -0.25) is 19.3 Å². The first-order valence-electron chi connectivity index (χ1n) is 8.39. The molecule has 10 heteroatoms. The summed E-state index contributed by atoms with van der Waals surface area (Å²) in [6.45, 7) is 0. The summed E-state index contributed by atoms with van der Waals surface area (Å²) in [5.74, 6) is 0.328. The Morgan fingerprint density at radius 2 is 1.04 bits per heavy atom. The molecule has 2 atom stereocenters. The second-order valence-electron chi connectivity index (χ2n) is 6.01. The van der Waals surface area contributed by atoms with Gasteiger partial charge in [-0.25, -0.2) is 0 Å². The number of aliphatic hydroxyl groups is 2. The second kappa shape index (κ2) is 7.60. The summed E-state index contributed by atoms with van der Waals surface area (Å²) in [6.07, 6.45) is -2.80. The van der Waals surface area contributed by atoms with Gasteiger partial charge in [-0.05, 0) is 48.7 Å². The molecule has 0 saturated heterocycles. The van der Waals surface area contributed by atoms with Gasteiger partial charge in [0.25, 0.3) is 0 Å². The zero-order chi connectivity index (χ0) is 19.7. The zero-order valence-corrected chi connectivity index (χ0v) is 16.1. The normalized spacial score (nSPS) is 13.4. The summed E-state index contributed by atoms with van der Waals surface area (Å²) in [5, 5.41) is 35.3. The van der Waals surface area contributed by atoms with Gasteiger partial charge >= 0.3 is 0 Å². The fourth-order valence-corrected chi connectivity index (χ4v) is 3.44. The van der Waals surface area contributed by atoms with Crippen molar-refractivity contribution in [3.8, 4) is 11.4 Å². The van der Waals surface area contributed by atoms with Crippen molar-refractivity contribution in [3.63, 3.8) is 0 Å². The molecule has 0 unspecified atom stereocenters. The van der Waals surface area contributed by atoms with E-state index >= 15 is 0 Å². The lowest BCUT2D eigenvalue weighted by molar-refractivity contribution is 0.00432. The van der Waals surface area contributed by atoms with Gasteiger partial charge in [0.05, 0.1) is 0 Å². The fourth-order valence-electron chi connectivity index (χ4n) is 2.95. The number of aliphatic hydroxyl groups excluding tert-OH is 2. The lowest BCUT2D eigenvalue weighted by Gasteiger charge is -2.18. The van der Waals surface area contributed by atoms with Crippen LogP contribution < -0.4 is 0 Å². The standard InChI is InChI=1S/C18H16N6O2S2/c25-13(15-19-21-17(27)23(15)11-7-3-1-4-8-11)14(26)16-20-22-18(28)24(16)12-9-5-2-6-10-12/h1-10,13-14,25-26H,(H,21,27)(H,22,28)/t13-,14-/m0/s1. The van der Waals surface area contributed by atoms with E-state index in [1.54, 1.807) is 9.13 Å². The van der Waals surface area contributed by atoms with Gasteiger partial charge in [-0.1, -0.05) is 36.4 Å². The van der Waals surface area contributed by atoms with Crippen LogP contribution in [0.15, 0.2) is 60.7 Å². The molecule has 142 valence electrons. The number of nitrogens with one attached hydrogen (secondary N) is 2. The molecule has 0 fully saturated rings. The van der Waals surface area contributed by atoms with Crippen LogP contribution in [-0.2, 0) is 0 Å². The topological polar surface area (TPSA) is 108 Å². The molecule has 0 aliphatic heterocycles. The molecule has 0 radical (unpaired) electrons. The van der Waals surface area contributed by atoms with E-state index in [9.17, 15) is 10.2 Å². The number of rotatable bonds is 5. The van der Waals surface area contributed by atoms with E-state index in [1.165, 1.54) is 0 Å². The van der Waals surface area contributed by atoms with Crippen molar-refractivity contribution < 1.29 is 10.2 Å². The molecular weight excluding hydrogens is 396 g/mol. The number of aromatic nitrogens is 6. The Labute approximate surface area is 169 Å². The molecule has 0 bridgehead atoms. The first kappa shape index (κ1) is 18.4. The molecule has 2 aromatic carbocycles. The summed E-state index contributed by atoms with van der Waals surface area (Å²) >= 11 is 10.6. The van der Waals surface area contributed by atoms with Crippen LogP contribution in [0.25, 0.3) is 11.4 Å². The zero-order valence-electron chi connectivity index (χ0n) is 14.4. The number of hydrogen-bond acceptors (Lipinski definition) is 6. The first-order chi connectivity index (χ1) is 13.6. The number of H-pyrrole nitrogens is 2. The van der Waals surface area contributed by atoms with Crippen LogP contribution >= 0.6 is 24.4 Å². The Kier molecular flexibility index (Phi) is 5.01. The maximum atomic E-state index is 10.9. The summed E-state index contributed by atoms with van der Waals surface area (Å²) < 4.78 is 3.73. The lowest BCUT2D eigenvalue weighted by atomic mass is 10.1. The molecule has 4 aromatic rings. The quantitative estimate of drug-likeness (QED) is 0.376. The van der Waals surface area contributed by atoms with E-state index in [1.807, 2.05) is 60.7 Å². The number of nitrogens with zero attached hydrogens (tertiary/aromatic N) is 4. The molecule has 28 heavy (non-hydrogen) atoms. The summed E-state index contributed by atoms with van der Waals surface area (Å²) in [5.41, 5.74) is 1.42. The third-order valence-electron chi connectivity index (χ3n) is 4.25. The van der Waals surface area contributed by atoms with Crippen molar-refractivity contribution in [2.75, 3.05) is 0 Å². The van der Waals surface area contributed by atoms with E-state index in [-0.39, 0.29) is 11.6 Å². The number of benzene rings is 2. The van der Waals surface area contributed by atoms with Crippen LogP contribution in [0, 0.1) is 9.54 Å². The van der Waals surface area contributed by atoms with Crippen LogP contribution in [-0.4, -0.2) is 39.7 Å². The molecule has 2 aromatic heterocycles. The van der Waals surface area contributed by atoms with Crippen LogP contribution in [0.4, 0.5) is 0 Å². The largest absolute Gasteiger partial charge is 0.382 e. The minimum Gasteiger partial charge on any atom is -0.382 e. The Hall–Kier alpha value is -2.92. The number of hydrogen-bond donors (Lipinski definition) is 4. The molecule has 0 aliphatic rings. The fraction of sp³-hybridized carbons (Fsp3) is 0.111. The third-order valence-corrected chi connectivity index (χ3v) is 4.80. The molecule has 0 saturated carbocycles. The third kappa shape index (κ3) is 3.22. The summed E-state index contributed by atoms with van der Waals surface area (Å²) in [6, 6.07) is 18.4. The van der Waals surface area contributed by atoms with Gasteiger partial charge in [-0.15, -0.1) is 0 Å². The molecule has 0 amide bonds. The molecule has 4 N–H and O–H groups in total. The Morgan fingerprint density at radius 3 is 1.39 bits per heavy atom. The maximum absolute atomic E-state index is 10.9. The van der Waals surface area contributed by atoms with Crippen molar-refractivity contribution in [1.29, 1.82) is 0 Å². The Balaban J connectivity index is 1.77. The molecule has 8 nitrogen and oxygen atoms in total. The summed E-state index contributed by atoms with van der Waals surface area (Å²) in [4.78, 5) is 0. The van der Waals surface area contributed by atoms with Gasteiger partial charge in [0.1, 0.15) is 12.2 Å². The monoisotopic (exact) mass is 412 g/mol. The number of para-hydroxylation sites is 2. The molecule has 2 heterocycles. The van der Waals surface area contributed by atoms with E-state index < -0.39 is 12.2 Å². The molecule has 0 spiro atoms. The van der Waals surface area contributed by atoms with E-state index in [4.69, 9.17) is 24.4 Å². The maximum Gasteiger partial charge on any atom is 0.199 e. The van der Waals surface area contributed by atoms with E-state index in [0.29, 0.717) is 20.9 Å². The highest BCUT2D eigenvalue weighted by atomic mass is 32.1. The van der Waals surface area contributed by atoms with Crippen LogP contribution in [0.3, 0.4) is 0 Å². The average Bonchev–Trinajstić information content (AvgIpc) is 3.31. The van der Waals surface area contributed by atoms with E-state index in [2.05, 4.69) is 20.4 Å². The Morgan fingerprint density at radius 1 is 0.679 bits per heavy atom.